The van der Waals surface area contributed by atoms with E-state index < -0.39 is 42.1 Å². The summed E-state index contributed by atoms with van der Waals surface area (Å²) in [6, 6.07) is 21.8. The van der Waals surface area contributed by atoms with Crippen molar-refractivity contribution in [3.8, 4) is 0 Å². The third-order valence-electron chi connectivity index (χ3n) is 5.98. The molecule has 16 heteroatoms. The summed E-state index contributed by atoms with van der Waals surface area (Å²) < 4.78 is 69.1. The first kappa shape index (κ1) is 37.2. The number of hydrogen-bond donors (Lipinski definition) is 4. The molecule has 0 aliphatic carbocycles. The summed E-state index contributed by atoms with van der Waals surface area (Å²) in [6.45, 7) is 0. The van der Waals surface area contributed by atoms with Gasteiger partial charge < -0.3 is 11.5 Å². The number of nitrogens with two attached hydrogens (primary N) is 2. The van der Waals surface area contributed by atoms with E-state index in [1.54, 1.807) is 60.7 Å². The molecule has 0 atom stereocenters. The molecular formula is C28H26N4Na2O8S2. The van der Waals surface area contributed by atoms with Gasteiger partial charge in [-0.2, -0.15) is 16.8 Å². The number of nitrogens with zero attached hydrogens (tertiary/aromatic N) is 2. The number of carbonyl (C=O) groups excluding carboxylic acids is 2. The first-order valence-corrected chi connectivity index (χ1v) is 14.9. The molecule has 4 aromatic rings. The molecule has 12 nitrogen and oxygen atoms in total. The van der Waals surface area contributed by atoms with Crippen LogP contribution >= 0.6 is 0 Å². The summed E-state index contributed by atoms with van der Waals surface area (Å²) >= 11 is 0. The van der Waals surface area contributed by atoms with Gasteiger partial charge in [0.05, 0.1) is 22.7 Å². The van der Waals surface area contributed by atoms with Crippen LogP contribution in [0.1, 0.15) is 11.1 Å². The predicted molar refractivity (Wildman–Crippen MR) is 172 cm³/mol. The van der Waals surface area contributed by atoms with Crippen molar-refractivity contribution in [1.29, 1.82) is 0 Å². The van der Waals surface area contributed by atoms with Gasteiger partial charge in [-0.25, -0.2) is 9.59 Å². The van der Waals surface area contributed by atoms with Crippen LogP contribution < -0.4 is 21.3 Å². The topological polar surface area (TPSA) is 201 Å². The number of anilines is 4. The van der Waals surface area contributed by atoms with Gasteiger partial charge in [-0.05, 0) is 59.7 Å². The molecule has 0 saturated carbocycles. The zero-order valence-electron chi connectivity index (χ0n) is 21.6. The average molecular weight is 657 g/mol. The Morgan fingerprint density at radius 1 is 0.545 bits per heavy atom. The Balaban J connectivity index is 0.00000337. The van der Waals surface area contributed by atoms with E-state index >= 15 is 0 Å². The minimum absolute atomic E-state index is 0. The molecule has 6 N–H and O–H groups in total. The van der Waals surface area contributed by atoms with Crippen molar-refractivity contribution in [2.45, 2.75) is 9.79 Å². The Bertz CT molecular complexity index is 1770. The molecule has 4 rings (SSSR count). The van der Waals surface area contributed by atoms with Crippen LogP contribution in [0.4, 0.5) is 32.3 Å². The quantitative estimate of drug-likeness (QED) is 0.125. The number of urea groups is 2. The predicted octanol–water partition coefficient (Wildman–Crippen LogP) is 3.49. The molecule has 4 aromatic carbocycles. The van der Waals surface area contributed by atoms with Gasteiger partial charge in [-0.1, -0.05) is 60.7 Å². The Morgan fingerprint density at radius 2 is 0.864 bits per heavy atom. The van der Waals surface area contributed by atoms with Crippen molar-refractivity contribution >= 4 is 126 Å². The molecule has 0 fully saturated rings. The van der Waals surface area contributed by atoms with Gasteiger partial charge in [0, 0.05) is 0 Å². The third-order valence-corrected chi connectivity index (χ3v) is 7.80. The molecule has 220 valence electrons. The second-order valence-corrected chi connectivity index (χ2v) is 11.5. The van der Waals surface area contributed by atoms with E-state index in [0.29, 0.717) is 11.4 Å². The molecule has 0 unspecified atom stereocenters. The van der Waals surface area contributed by atoms with E-state index in [1.165, 1.54) is 36.4 Å². The molecule has 0 aromatic heterocycles. The van der Waals surface area contributed by atoms with E-state index in [4.69, 9.17) is 11.5 Å². The summed E-state index contributed by atoms with van der Waals surface area (Å²) in [5, 5.41) is 0. The first-order chi connectivity index (χ1) is 19.8. The van der Waals surface area contributed by atoms with E-state index in [9.17, 15) is 35.5 Å². The molecule has 0 bridgehead atoms. The van der Waals surface area contributed by atoms with E-state index in [1.807, 2.05) is 0 Å². The van der Waals surface area contributed by atoms with Gasteiger partial charge in [0.15, 0.2) is 0 Å². The van der Waals surface area contributed by atoms with Crippen molar-refractivity contribution in [3.63, 3.8) is 0 Å². The minimum atomic E-state index is -4.85. The fourth-order valence-electron chi connectivity index (χ4n) is 4.19. The molecule has 0 aliphatic heterocycles. The molecule has 0 radical (unpaired) electrons. The fraction of sp³-hybridized carbons (Fsp3) is 0. The van der Waals surface area contributed by atoms with Crippen molar-refractivity contribution in [2.75, 3.05) is 9.80 Å². The monoisotopic (exact) mass is 656 g/mol. The number of para-hydroxylation sites is 2. The number of primary amides is 2. The number of benzene rings is 4. The molecule has 0 saturated heterocycles. The van der Waals surface area contributed by atoms with Gasteiger partial charge in [-0.15, -0.1) is 0 Å². The third kappa shape index (κ3) is 8.79. The SMILES string of the molecule is NC(=O)N(c1ccccc1)c1ccc(/C=C/c2ccc(N(C(N)=O)c3ccccc3)cc2S(=O)(=O)O)c(S(=O)(=O)O)c1.[NaH].[NaH]. The fourth-order valence-corrected chi connectivity index (χ4v) is 5.59. The Kier molecular flexibility index (Phi) is 12.9. The van der Waals surface area contributed by atoms with Crippen LogP contribution in [0.25, 0.3) is 12.2 Å². The van der Waals surface area contributed by atoms with Crippen LogP contribution in [-0.4, -0.2) is 97.1 Å². The van der Waals surface area contributed by atoms with Crippen LogP contribution in [0.15, 0.2) is 107 Å². The first-order valence-electron chi connectivity index (χ1n) is 12.0. The van der Waals surface area contributed by atoms with Crippen molar-refractivity contribution < 1.29 is 35.5 Å². The molecule has 4 amide bonds. The molecule has 0 aliphatic rings. The van der Waals surface area contributed by atoms with Crippen molar-refractivity contribution in [3.05, 3.63) is 108 Å². The number of hydrogen-bond acceptors (Lipinski definition) is 6. The summed E-state index contributed by atoms with van der Waals surface area (Å²) in [5.41, 5.74) is 11.7. The maximum absolute atomic E-state index is 12.3. The second kappa shape index (κ2) is 15.3. The van der Waals surface area contributed by atoms with Gasteiger partial charge in [0.1, 0.15) is 9.79 Å². The van der Waals surface area contributed by atoms with Crippen LogP contribution in [-0.2, 0) is 20.2 Å². The number of rotatable bonds is 8. The molecule has 44 heavy (non-hydrogen) atoms. The summed E-state index contributed by atoms with van der Waals surface area (Å²) in [6.07, 6.45) is 2.38. The Hall–Kier alpha value is -3.02. The summed E-state index contributed by atoms with van der Waals surface area (Å²) in [4.78, 5) is 25.3. The van der Waals surface area contributed by atoms with Gasteiger partial charge in [0.25, 0.3) is 20.2 Å². The van der Waals surface area contributed by atoms with Crippen LogP contribution in [0.5, 0.6) is 0 Å². The van der Waals surface area contributed by atoms with Crippen LogP contribution in [0, 0.1) is 0 Å². The van der Waals surface area contributed by atoms with Crippen LogP contribution in [0.2, 0.25) is 0 Å². The Labute approximate surface area is 298 Å². The zero-order valence-corrected chi connectivity index (χ0v) is 23.2. The van der Waals surface area contributed by atoms with Crippen molar-refractivity contribution in [1.82, 2.24) is 0 Å². The van der Waals surface area contributed by atoms with Gasteiger partial charge in [0.2, 0.25) is 0 Å². The molecule has 0 spiro atoms. The van der Waals surface area contributed by atoms with E-state index in [2.05, 4.69) is 0 Å². The zero-order chi connectivity index (χ0) is 30.7. The standard InChI is InChI=1S/C28H24N4O8S2.2Na.2H/c29-27(33)31(21-7-3-1-4-8-21)23-15-13-19(25(17-23)41(35,36)37)11-12-20-14-16-24(18-26(20)42(38,39)40)32(28(30)34)22-9-5-2-6-10-22;;;;/h1-18H,(H2,29,33)(H2,30,34)(H,35,36,37)(H,38,39,40);;;;/b12-11+;;;;. The average Bonchev–Trinajstić information content (AvgIpc) is 2.92. The van der Waals surface area contributed by atoms with Crippen LogP contribution in [0.3, 0.4) is 0 Å². The molecular weight excluding hydrogens is 630 g/mol. The van der Waals surface area contributed by atoms with E-state index in [0.717, 1.165) is 21.9 Å². The summed E-state index contributed by atoms with van der Waals surface area (Å²) in [7, 11) is -9.71. The van der Waals surface area contributed by atoms with Gasteiger partial charge >= 0.3 is 71.2 Å². The normalized spacial score (nSPS) is 11.2. The van der Waals surface area contributed by atoms with Gasteiger partial charge in [-0.3, -0.25) is 18.9 Å². The maximum atomic E-state index is 12.3. The summed E-state index contributed by atoms with van der Waals surface area (Å²) in [5.74, 6) is 0. The number of amides is 4. The Morgan fingerprint density at radius 3 is 1.14 bits per heavy atom. The number of carbonyl (C=O) groups is 2. The van der Waals surface area contributed by atoms with Crippen molar-refractivity contribution in [2.24, 2.45) is 11.5 Å². The second-order valence-electron chi connectivity index (χ2n) is 8.75. The molecule has 0 heterocycles. The van der Waals surface area contributed by atoms with E-state index in [-0.39, 0.29) is 81.6 Å².